The van der Waals surface area contributed by atoms with Crippen LogP contribution in [-0.4, -0.2) is 48.8 Å². The number of aliphatic hydroxyl groups excluding tert-OH is 1. The van der Waals surface area contributed by atoms with Crippen molar-refractivity contribution in [3.63, 3.8) is 0 Å². The van der Waals surface area contributed by atoms with Crippen LogP contribution >= 0.6 is 0 Å². The summed E-state index contributed by atoms with van der Waals surface area (Å²) in [5.74, 6) is 0.622. The molecule has 0 saturated carbocycles. The fourth-order valence-electron chi connectivity index (χ4n) is 2.19. The van der Waals surface area contributed by atoms with E-state index in [0.29, 0.717) is 36.5 Å². The lowest BCUT2D eigenvalue weighted by Crippen LogP contribution is -2.36. The summed E-state index contributed by atoms with van der Waals surface area (Å²) in [5, 5.41) is 9.28. The van der Waals surface area contributed by atoms with Gasteiger partial charge in [-0.15, -0.1) is 0 Å². The van der Waals surface area contributed by atoms with E-state index in [0.717, 1.165) is 4.57 Å². The van der Waals surface area contributed by atoms with Crippen LogP contribution in [0.1, 0.15) is 19.2 Å². The molecule has 0 aliphatic rings. The van der Waals surface area contributed by atoms with E-state index in [1.807, 2.05) is 11.9 Å². The molecule has 0 amide bonds. The summed E-state index contributed by atoms with van der Waals surface area (Å²) in [6.45, 7) is 2.97. The molecule has 2 aromatic rings. The van der Waals surface area contributed by atoms with Crippen molar-refractivity contribution in [1.82, 2.24) is 24.0 Å². The van der Waals surface area contributed by atoms with Gasteiger partial charge in [0.05, 0.1) is 12.6 Å². The second-order valence-electron chi connectivity index (χ2n) is 5.46. The van der Waals surface area contributed by atoms with Crippen molar-refractivity contribution in [3.05, 3.63) is 26.7 Å². The van der Waals surface area contributed by atoms with Crippen LogP contribution in [0.3, 0.4) is 0 Å². The molecule has 2 N–H and O–H groups in total. The Bertz CT molecular complexity index is 755. The van der Waals surface area contributed by atoms with Crippen LogP contribution in [0.25, 0.3) is 11.2 Å². The van der Waals surface area contributed by atoms with Gasteiger partial charge in [-0.25, -0.2) is 9.78 Å². The minimum atomic E-state index is -0.395. The van der Waals surface area contributed by atoms with Crippen molar-refractivity contribution in [2.75, 3.05) is 13.6 Å². The molecule has 1 atom stereocenters. The van der Waals surface area contributed by atoms with Crippen molar-refractivity contribution >= 4 is 11.2 Å². The van der Waals surface area contributed by atoms with E-state index in [-0.39, 0.29) is 11.7 Å². The van der Waals surface area contributed by atoms with Gasteiger partial charge < -0.3 is 10.1 Å². The summed E-state index contributed by atoms with van der Waals surface area (Å²) in [6.07, 6.45) is 0.313. The molecular weight excluding hydrogens is 274 g/mol. The van der Waals surface area contributed by atoms with Crippen molar-refractivity contribution in [3.8, 4) is 0 Å². The molecule has 21 heavy (non-hydrogen) atoms. The van der Waals surface area contributed by atoms with Gasteiger partial charge in [-0.2, -0.15) is 0 Å². The van der Waals surface area contributed by atoms with E-state index in [2.05, 4.69) is 9.97 Å². The SMILES string of the molecule is CC(O)CCN(C)Cc1nc2c([nH]1)c(=O)n(C)c(=O)n2C. The maximum Gasteiger partial charge on any atom is 0.332 e. The molecule has 0 aromatic carbocycles. The van der Waals surface area contributed by atoms with Gasteiger partial charge in [-0.05, 0) is 20.4 Å². The topological polar surface area (TPSA) is 96.2 Å². The van der Waals surface area contributed by atoms with Crippen LogP contribution in [0, 0.1) is 0 Å². The minimum Gasteiger partial charge on any atom is -0.393 e. The molecule has 116 valence electrons. The lowest BCUT2D eigenvalue weighted by molar-refractivity contribution is 0.162. The second-order valence-corrected chi connectivity index (χ2v) is 5.46. The number of H-pyrrole nitrogens is 1. The maximum absolute atomic E-state index is 12.0. The van der Waals surface area contributed by atoms with Gasteiger partial charge in [0, 0.05) is 20.6 Å². The predicted molar refractivity (Wildman–Crippen MR) is 79.2 cm³/mol. The van der Waals surface area contributed by atoms with E-state index in [4.69, 9.17) is 0 Å². The Kier molecular flexibility index (Phi) is 4.29. The first-order valence-electron chi connectivity index (χ1n) is 6.82. The zero-order valence-corrected chi connectivity index (χ0v) is 12.8. The predicted octanol–water partition coefficient (Wildman–Crippen LogP) is -0.837. The average molecular weight is 295 g/mol. The molecule has 0 aliphatic carbocycles. The molecule has 0 aliphatic heterocycles. The Morgan fingerprint density at radius 3 is 2.62 bits per heavy atom. The van der Waals surface area contributed by atoms with E-state index in [1.165, 1.54) is 11.6 Å². The first-order chi connectivity index (χ1) is 9.81. The molecule has 0 saturated heterocycles. The standard InChI is InChI=1S/C13H21N5O3/c1-8(19)5-6-16(2)7-9-14-10-11(15-9)17(3)13(21)18(4)12(10)20/h8,19H,5-7H2,1-4H3,(H,14,15). The Morgan fingerprint density at radius 2 is 2.00 bits per heavy atom. The average Bonchev–Trinajstić information content (AvgIpc) is 2.84. The van der Waals surface area contributed by atoms with Crippen LogP contribution in [0.15, 0.2) is 9.59 Å². The number of nitrogens with one attached hydrogen (secondary N) is 1. The largest absolute Gasteiger partial charge is 0.393 e. The summed E-state index contributed by atoms with van der Waals surface area (Å²) >= 11 is 0. The van der Waals surface area contributed by atoms with E-state index < -0.39 is 5.69 Å². The Hall–Kier alpha value is -1.93. The first-order valence-corrected chi connectivity index (χ1v) is 6.82. The van der Waals surface area contributed by atoms with Gasteiger partial charge in [-0.3, -0.25) is 18.8 Å². The quantitative estimate of drug-likeness (QED) is 0.750. The van der Waals surface area contributed by atoms with Gasteiger partial charge in [0.15, 0.2) is 5.65 Å². The highest BCUT2D eigenvalue weighted by Gasteiger charge is 2.14. The van der Waals surface area contributed by atoms with E-state index in [1.54, 1.807) is 14.0 Å². The fraction of sp³-hybridized carbons (Fsp3) is 0.615. The summed E-state index contributed by atoms with van der Waals surface area (Å²) in [6, 6.07) is 0. The van der Waals surface area contributed by atoms with E-state index >= 15 is 0 Å². The summed E-state index contributed by atoms with van der Waals surface area (Å²) in [7, 11) is 4.94. The van der Waals surface area contributed by atoms with Crippen LogP contribution in [0.5, 0.6) is 0 Å². The van der Waals surface area contributed by atoms with Crippen molar-refractivity contribution < 1.29 is 5.11 Å². The monoisotopic (exact) mass is 295 g/mol. The molecule has 8 nitrogen and oxygen atoms in total. The lowest BCUT2D eigenvalue weighted by atomic mass is 10.3. The molecule has 0 spiro atoms. The summed E-state index contributed by atoms with van der Waals surface area (Å²) in [5.41, 5.74) is -0.0768. The number of fused-ring (bicyclic) bond motifs is 1. The van der Waals surface area contributed by atoms with Crippen LogP contribution in [-0.2, 0) is 20.6 Å². The van der Waals surface area contributed by atoms with Crippen LogP contribution < -0.4 is 11.2 Å². The molecule has 2 rings (SSSR count). The minimum absolute atomic E-state index is 0.332. The third kappa shape index (κ3) is 3.06. The third-order valence-corrected chi connectivity index (χ3v) is 3.49. The fourth-order valence-corrected chi connectivity index (χ4v) is 2.19. The normalized spacial score (nSPS) is 13.2. The molecule has 0 bridgehead atoms. The maximum atomic E-state index is 12.0. The van der Waals surface area contributed by atoms with Crippen molar-refractivity contribution in [2.45, 2.75) is 26.0 Å². The van der Waals surface area contributed by atoms with E-state index in [9.17, 15) is 14.7 Å². The highest BCUT2D eigenvalue weighted by molar-refractivity contribution is 5.69. The molecule has 0 fully saturated rings. The Morgan fingerprint density at radius 1 is 1.33 bits per heavy atom. The Balaban J connectivity index is 2.32. The molecule has 0 radical (unpaired) electrons. The lowest BCUT2D eigenvalue weighted by Gasteiger charge is -2.15. The van der Waals surface area contributed by atoms with Gasteiger partial charge in [0.25, 0.3) is 5.56 Å². The van der Waals surface area contributed by atoms with Crippen molar-refractivity contribution in [1.29, 1.82) is 0 Å². The van der Waals surface area contributed by atoms with Gasteiger partial charge in [0.2, 0.25) is 0 Å². The zero-order valence-electron chi connectivity index (χ0n) is 12.8. The van der Waals surface area contributed by atoms with Gasteiger partial charge >= 0.3 is 5.69 Å². The smallest absolute Gasteiger partial charge is 0.332 e. The number of nitrogens with zero attached hydrogens (tertiary/aromatic N) is 4. The number of rotatable bonds is 5. The number of imidazole rings is 1. The van der Waals surface area contributed by atoms with Crippen LogP contribution in [0.2, 0.25) is 0 Å². The molecule has 2 heterocycles. The first kappa shape index (κ1) is 15.5. The highest BCUT2D eigenvalue weighted by atomic mass is 16.3. The number of aromatic amines is 1. The van der Waals surface area contributed by atoms with Gasteiger partial charge in [-0.1, -0.05) is 0 Å². The summed E-state index contributed by atoms with van der Waals surface area (Å²) < 4.78 is 2.41. The summed E-state index contributed by atoms with van der Waals surface area (Å²) in [4.78, 5) is 33.2. The Labute approximate surface area is 121 Å². The second kappa shape index (κ2) is 5.82. The molecule has 1 unspecified atom stereocenters. The van der Waals surface area contributed by atoms with Crippen LogP contribution in [0.4, 0.5) is 0 Å². The molecule has 8 heteroatoms. The highest BCUT2D eigenvalue weighted by Crippen LogP contribution is 2.06. The van der Waals surface area contributed by atoms with Gasteiger partial charge in [0.1, 0.15) is 11.3 Å². The molecule has 2 aromatic heterocycles. The number of aliphatic hydroxyl groups is 1. The number of hydrogen-bond acceptors (Lipinski definition) is 5. The number of hydrogen-bond donors (Lipinski definition) is 2. The third-order valence-electron chi connectivity index (χ3n) is 3.49. The van der Waals surface area contributed by atoms with Crippen molar-refractivity contribution in [2.24, 2.45) is 14.1 Å². The number of aryl methyl sites for hydroxylation is 1. The molecular formula is C13H21N5O3. The zero-order chi connectivity index (χ0) is 15.7. The number of aromatic nitrogens is 4.